The molecule has 0 bridgehead atoms. The van der Waals surface area contributed by atoms with Crippen LogP contribution in [0.1, 0.15) is 36.5 Å². The predicted octanol–water partition coefficient (Wildman–Crippen LogP) is 3.01. The van der Waals surface area contributed by atoms with Gasteiger partial charge in [-0.1, -0.05) is 18.2 Å². The first-order chi connectivity index (χ1) is 11.5. The molecule has 2 aromatic carbocycles. The highest BCUT2D eigenvalue weighted by Crippen LogP contribution is 2.32. The summed E-state index contributed by atoms with van der Waals surface area (Å²) in [5.74, 6) is -0.122. The summed E-state index contributed by atoms with van der Waals surface area (Å²) < 4.78 is 0. The molecule has 2 aromatic rings. The van der Waals surface area contributed by atoms with Crippen LogP contribution in [0.25, 0.3) is 0 Å². The third-order valence-corrected chi connectivity index (χ3v) is 4.72. The Hall–Kier alpha value is -1.95. The molecule has 3 rings (SSSR count). The average Bonchev–Trinajstić information content (AvgIpc) is 3.05. The Bertz CT molecular complexity index is 692. The summed E-state index contributed by atoms with van der Waals surface area (Å²) in [6, 6.07) is 12.0. The highest BCUT2D eigenvalue weighted by Gasteiger charge is 2.30. The van der Waals surface area contributed by atoms with E-state index in [4.69, 9.17) is 0 Å². The maximum atomic E-state index is 10.5. The number of aryl methyl sites for hydroxylation is 1. The van der Waals surface area contributed by atoms with Crippen molar-refractivity contribution in [2.45, 2.75) is 43.9 Å². The first kappa shape index (κ1) is 19.4. The van der Waals surface area contributed by atoms with E-state index in [0.717, 1.165) is 25.7 Å². The fourth-order valence-corrected chi connectivity index (χ4v) is 3.29. The van der Waals surface area contributed by atoms with Gasteiger partial charge in [-0.05, 0) is 61.1 Å². The molecule has 6 heteroatoms. The molecule has 0 aliphatic carbocycles. The van der Waals surface area contributed by atoms with Gasteiger partial charge in [0, 0.05) is 12.1 Å². The van der Waals surface area contributed by atoms with Gasteiger partial charge in [-0.15, -0.1) is 12.4 Å². The van der Waals surface area contributed by atoms with Gasteiger partial charge >= 0.3 is 0 Å². The zero-order valence-corrected chi connectivity index (χ0v) is 14.6. The van der Waals surface area contributed by atoms with Crippen molar-refractivity contribution in [3.8, 4) is 17.2 Å². The van der Waals surface area contributed by atoms with E-state index in [2.05, 4.69) is 5.32 Å². The Balaban J connectivity index is 0.00000225. The van der Waals surface area contributed by atoms with Gasteiger partial charge in [-0.2, -0.15) is 0 Å². The third-order valence-electron chi connectivity index (χ3n) is 4.72. The van der Waals surface area contributed by atoms with Crippen LogP contribution in [0.2, 0.25) is 0 Å². The van der Waals surface area contributed by atoms with Crippen LogP contribution in [-0.2, 0) is 6.42 Å². The molecule has 136 valence electrons. The summed E-state index contributed by atoms with van der Waals surface area (Å²) in [6.07, 6.45) is 3.03. The molecule has 1 aliphatic rings. The van der Waals surface area contributed by atoms with Crippen molar-refractivity contribution in [1.82, 2.24) is 5.32 Å². The maximum Gasteiger partial charge on any atom is 0.157 e. The SMILES string of the molecule is Cl.Oc1ccc(CC[C@@H]2CC[C@@H](C(O)c3ccc(O)c(O)c3)N2)cc1. The molecule has 1 heterocycles. The summed E-state index contributed by atoms with van der Waals surface area (Å²) in [5.41, 5.74) is 1.78. The van der Waals surface area contributed by atoms with E-state index >= 15 is 0 Å². The van der Waals surface area contributed by atoms with E-state index in [-0.39, 0.29) is 35.7 Å². The fraction of sp³-hybridized carbons (Fsp3) is 0.368. The Morgan fingerprint density at radius 2 is 1.68 bits per heavy atom. The van der Waals surface area contributed by atoms with Gasteiger partial charge in [-0.3, -0.25) is 0 Å². The average molecular weight is 366 g/mol. The molecule has 3 atom stereocenters. The minimum absolute atomic E-state index is 0. The molecule has 0 saturated carbocycles. The highest BCUT2D eigenvalue weighted by molar-refractivity contribution is 5.85. The van der Waals surface area contributed by atoms with Crippen molar-refractivity contribution in [3.05, 3.63) is 53.6 Å². The summed E-state index contributed by atoms with van der Waals surface area (Å²) in [4.78, 5) is 0. The predicted molar refractivity (Wildman–Crippen MR) is 98.4 cm³/mol. The normalized spacial score (nSPS) is 20.8. The zero-order chi connectivity index (χ0) is 17.1. The zero-order valence-electron chi connectivity index (χ0n) is 13.8. The van der Waals surface area contributed by atoms with Crippen molar-refractivity contribution in [2.24, 2.45) is 0 Å². The first-order valence-electron chi connectivity index (χ1n) is 8.27. The molecule has 1 aliphatic heterocycles. The molecule has 0 aromatic heterocycles. The number of aliphatic hydroxyl groups is 1. The third kappa shape index (κ3) is 4.78. The lowest BCUT2D eigenvalue weighted by Crippen LogP contribution is -2.34. The quantitative estimate of drug-likeness (QED) is 0.525. The number of hydrogen-bond donors (Lipinski definition) is 5. The Morgan fingerprint density at radius 1 is 0.960 bits per heavy atom. The van der Waals surface area contributed by atoms with E-state index < -0.39 is 6.10 Å². The van der Waals surface area contributed by atoms with Gasteiger partial charge in [-0.25, -0.2) is 0 Å². The first-order valence-corrected chi connectivity index (χ1v) is 8.27. The van der Waals surface area contributed by atoms with Crippen molar-refractivity contribution >= 4 is 12.4 Å². The second kappa shape index (κ2) is 8.43. The van der Waals surface area contributed by atoms with Gasteiger partial charge in [0.2, 0.25) is 0 Å². The van der Waals surface area contributed by atoms with Crippen LogP contribution in [0.3, 0.4) is 0 Å². The second-order valence-electron chi connectivity index (χ2n) is 6.45. The molecule has 0 spiro atoms. The number of nitrogens with one attached hydrogen (secondary N) is 1. The summed E-state index contributed by atoms with van der Waals surface area (Å²) in [5, 5.41) is 42.2. The molecular formula is C19H24ClNO4. The Morgan fingerprint density at radius 3 is 2.36 bits per heavy atom. The van der Waals surface area contributed by atoms with E-state index in [0.29, 0.717) is 11.6 Å². The lowest BCUT2D eigenvalue weighted by molar-refractivity contribution is 0.134. The van der Waals surface area contributed by atoms with Gasteiger partial charge in [0.05, 0.1) is 6.10 Å². The van der Waals surface area contributed by atoms with Crippen LogP contribution in [0.5, 0.6) is 17.2 Å². The van der Waals surface area contributed by atoms with Gasteiger partial charge in [0.1, 0.15) is 5.75 Å². The Labute approximate surface area is 153 Å². The number of hydrogen-bond acceptors (Lipinski definition) is 5. The number of aliphatic hydroxyl groups excluding tert-OH is 1. The summed E-state index contributed by atoms with van der Waals surface area (Å²) >= 11 is 0. The molecule has 1 unspecified atom stereocenters. The Kier molecular flexibility index (Phi) is 6.53. The van der Waals surface area contributed by atoms with E-state index in [1.807, 2.05) is 12.1 Å². The molecule has 1 fully saturated rings. The van der Waals surface area contributed by atoms with Crippen LogP contribution in [0, 0.1) is 0 Å². The number of rotatable bonds is 5. The molecule has 1 saturated heterocycles. The van der Waals surface area contributed by atoms with E-state index in [1.165, 1.54) is 17.7 Å². The number of phenolic OH excluding ortho intramolecular Hbond substituents is 3. The lowest BCUT2D eigenvalue weighted by atomic mass is 10.0. The number of phenols is 3. The summed E-state index contributed by atoms with van der Waals surface area (Å²) in [7, 11) is 0. The number of halogens is 1. The standard InChI is InChI=1S/C19H23NO4.ClH/c21-15-7-2-12(3-8-15)1-5-14-6-9-16(20-14)19(24)13-4-10-17(22)18(23)11-13;/h2-4,7-8,10-11,14,16,19-24H,1,5-6,9H2;1H/t14-,16+,19?;/m1./s1. The monoisotopic (exact) mass is 365 g/mol. The molecule has 0 amide bonds. The van der Waals surface area contributed by atoms with Gasteiger partial charge in [0.25, 0.3) is 0 Å². The topological polar surface area (TPSA) is 93.0 Å². The van der Waals surface area contributed by atoms with Crippen molar-refractivity contribution in [3.63, 3.8) is 0 Å². The molecule has 5 nitrogen and oxygen atoms in total. The summed E-state index contributed by atoms with van der Waals surface area (Å²) in [6.45, 7) is 0. The van der Waals surface area contributed by atoms with Gasteiger partial charge in [0.15, 0.2) is 11.5 Å². The van der Waals surface area contributed by atoms with E-state index in [9.17, 15) is 20.4 Å². The largest absolute Gasteiger partial charge is 0.508 e. The maximum absolute atomic E-state index is 10.5. The molecular weight excluding hydrogens is 342 g/mol. The van der Waals surface area contributed by atoms with Crippen LogP contribution >= 0.6 is 12.4 Å². The molecule has 0 radical (unpaired) electrons. The smallest absolute Gasteiger partial charge is 0.157 e. The number of aromatic hydroxyl groups is 3. The lowest BCUT2D eigenvalue weighted by Gasteiger charge is -2.21. The van der Waals surface area contributed by atoms with Crippen LogP contribution < -0.4 is 5.32 Å². The van der Waals surface area contributed by atoms with Crippen molar-refractivity contribution in [1.29, 1.82) is 0 Å². The minimum atomic E-state index is -0.713. The number of benzene rings is 2. The van der Waals surface area contributed by atoms with E-state index in [1.54, 1.807) is 18.2 Å². The fourth-order valence-electron chi connectivity index (χ4n) is 3.29. The highest BCUT2D eigenvalue weighted by atomic mass is 35.5. The van der Waals surface area contributed by atoms with Crippen molar-refractivity contribution < 1.29 is 20.4 Å². The molecule has 25 heavy (non-hydrogen) atoms. The molecule has 5 N–H and O–H groups in total. The van der Waals surface area contributed by atoms with Crippen molar-refractivity contribution in [2.75, 3.05) is 0 Å². The van der Waals surface area contributed by atoms with Gasteiger partial charge < -0.3 is 25.7 Å². The van der Waals surface area contributed by atoms with Crippen LogP contribution in [-0.4, -0.2) is 32.5 Å². The van der Waals surface area contributed by atoms with Crippen LogP contribution in [0.15, 0.2) is 42.5 Å². The second-order valence-corrected chi connectivity index (χ2v) is 6.45. The van der Waals surface area contributed by atoms with Crippen LogP contribution in [0.4, 0.5) is 0 Å². The minimum Gasteiger partial charge on any atom is -0.508 e.